The van der Waals surface area contributed by atoms with Crippen LogP contribution in [0.4, 0.5) is 0 Å². The van der Waals surface area contributed by atoms with Crippen molar-refractivity contribution in [3.05, 3.63) is 53.6 Å². The number of hydrogen-bond donors (Lipinski definition) is 0. The molecule has 0 spiro atoms. The Morgan fingerprint density at radius 3 is 2.10 bits per heavy atom. The molecule has 0 bridgehead atoms. The summed E-state index contributed by atoms with van der Waals surface area (Å²) in [4.78, 5) is 14.5. The average Bonchev–Trinajstić information content (AvgIpc) is 2.78. The third-order valence-electron chi connectivity index (χ3n) is 5.13. The van der Waals surface area contributed by atoms with Crippen molar-refractivity contribution in [2.24, 2.45) is 0 Å². The molecule has 29 heavy (non-hydrogen) atoms. The fraction of sp³-hybridized carbons (Fsp3) is 0.381. The molecule has 2 aromatic rings. The van der Waals surface area contributed by atoms with Crippen molar-refractivity contribution in [1.82, 2.24) is 9.21 Å². The van der Waals surface area contributed by atoms with Crippen LogP contribution in [-0.2, 0) is 16.4 Å². The lowest BCUT2D eigenvalue weighted by Gasteiger charge is -2.34. The third kappa shape index (κ3) is 4.38. The minimum Gasteiger partial charge on any atom is -0.493 e. The molecule has 1 aliphatic rings. The molecule has 8 heteroatoms. The van der Waals surface area contributed by atoms with E-state index < -0.39 is 10.0 Å². The highest BCUT2D eigenvalue weighted by molar-refractivity contribution is 7.89. The molecule has 1 aliphatic heterocycles. The Morgan fingerprint density at radius 2 is 1.55 bits per heavy atom. The molecule has 1 fully saturated rings. The molecule has 1 amide bonds. The highest BCUT2D eigenvalue weighted by Crippen LogP contribution is 2.31. The molecule has 1 heterocycles. The molecule has 156 valence electrons. The van der Waals surface area contributed by atoms with Gasteiger partial charge >= 0.3 is 0 Å². The smallest absolute Gasteiger partial charge is 0.253 e. The fourth-order valence-electron chi connectivity index (χ4n) is 3.32. The summed E-state index contributed by atoms with van der Waals surface area (Å²) < 4.78 is 37.8. The van der Waals surface area contributed by atoms with Crippen LogP contribution < -0.4 is 9.47 Å². The second kappa shape index (κ2) is 8.84. The van der Waals surface area contributed by atoms with Crippen LogP contribution in [0.25, 0.3) is 0 Å². The first kappa shape index (κ1) is 21.1. The Hall–Kier alpha value is -2.58. The summed E-state index contributed by atoms with van der Waals surface area (Å²) in [6, 6.07) is 12.1. The Morgan fingerprint density at radius 1 is 0.931 bits per heavy atom. The van der Waals surface area contributed by atoms with E-state index in [1.807, 2.05) is 24.3 Å². The van der Waals surface area contributed by atoms with Crippen LogP contribution in [-0.4, -0.2) is 63.9 Å². The van der Waals surface area contributed by atoms with Crippen LogP contribution in [0.5, 0.6) is 11.5 Å². The summed E-state index contributed by atoms with van der Waals surface area (Å²) in [5.41, 5.74) is 1.80. The van der Waals surface area contributed by atoms with E-state index in [2.05, 4.69) is 6.92 Å². The lowest BCUT2D eigenvalue weighted by molar-refractivity contribution is 0.0698. The molecular formula is C21H26N2O5S. The van der Waals surface area contributed by atoms with E-state index in [0.29, 0.717) is 30.2 Å². The first-order chi connectivity index (χ1) is 13.9. The van der Waals surface area contributed by atoms with E-state index >= 15 is 0 Å². The maximum absolute atomic E-state index is 13.0. The lowest BCUT2D eigenvalue weighted by Crippen LogP contribution is -2.50. The monoisotopic (exact) mass is 418 g/mol. The minimum atomic E-state index is -3.68. The van der Waals surface area contributed by atoms with Gasteiger partial charge in [-0.05, 0) is 36.2 Å². The second-order valence-corrected chi connectivity index (χ2v) is 8.70. The SMILES string of the molecule is CCc1ccc(C(=O)N2CCN(S(=O)(=O)c3ccc(OC)c(OC)c3)CC2)cc1. The molecule has 0 saturated carbocycles. The minimum absolute atomic E-state index is 0.0733. The highest BCUT2D eigenvalue weighted by atomic mass is 32.2. The molecule has 7 nitrogen and oxygen atoms in total. The van der Waals surface area contributed by atoms with Crippen molar-refractivity contribution in [2.45, 2.75) is 18.2 Å². The largest absolute Gasteiger partial charge is 0.493 e. The van der Waals surface area contributed by atoms with Gasteiger partial charge in [0.05, 0.1) is 19.1 Å². The maximum Gasteiger partial charge on any atom is 0.253 e. The number of aryl methyl sites for hydroxylation is 1. The van der Waals surface area contributed by atoms with Crippen LogP contribution >= 0.6 is 0 Å². The van der Waals surface area contributed by atoms with Gasteiger partial charge in [-0.15, -0.1) is 0 Å². The van der Waals surface area contributed by atoms with Crippen molar-refractivity contribution in [3.8, 4) is 11.5 Å². The maximum atomic E-state index is 13.0. The third-order valence-corrected chi connectivity index (χ3v) is 7.02. The number of piperazine rings is 1. The van der Waals surface area contributed by atoms with Crippen LogP contribution in [0, 0.1) is 0 Å². The summed E-state index contributed by atoms with van der Waals surface area (Å²) in [7, 11) is -0.721. The Labute approximate surface area is 171 Å². The molecule has 0 radical (unpaired) electrons. The summed E-state index contributed by atoms with van der Waals surface area (Å²) in [5, 5.41) is 0. The van der Waals surface area contributed by atoms with E-state index in [1.165, 1.54) is 36.2 Å². The number of nitrogens with zero attached hydrogens (tertiary/aromatic N) is 2. The van der Waals surface area contributed by atoms with E-state index in [-0.39, 0.29) is 23.9 Å². The molecule has 0 N–H and O–H groups in total. The van der Waals surface area contributed by atoms with Gasteiger partial charge in [-0.25, -0.2) is 8.42 Å². The highest BCUT2D eigenvalue weighted by Gasteiger charge is 2.31. The first-order valence-corrected chi connectivity index (χ1v) is 10.9. The zero-order valence-corrected chi connectivity index (χ0v) is 17.7. The molecular weight excluding hydrogens is 392 g/mol. The molecule has 3 rings (SSSR count). The summed E-state index contributed by atoms with van der Waals surface area (Å²) in [6.45, 7) is 3.25. The van der Waals surface area contributed by atoms with Crippen LogP contribution in [0.2, 0.25) is 0 Å². The summed E-state index contributed by atoms with van der Waals surface area (Å²) in [5.74, 6) is 0.754. The Bertz CT molecular complexity index is 965. The predicted molar refractivity (Wildman–Crippen MR) is 110 cm³/mol. The number of methoxy groups -OCH3 is 2. The number of benzene rings is 2. The lowest BCUT2D eigenvalue weighted by atomic mass is 10.1. The van der Waals surface area contributed by atoms with Gasteiger partial charge in [0, 0.05) is 37.8 Å². The Balaban J connectivity index is 1.70. The van der Waals surface area contributed by atoms with Crippen molar-refractivity contribution >= 4 is 15.9 Å². The Kier molecular flexibility index (Phi) is 6.44. The number of ether oxygens (including phenoxy) is 2. The van der Waals surface area contributed by atoms with Gasteiger partial charge in [0.1, 0.15) is 0 Å². The van der Waals surface area contributed by atoms with Gasteiger partial charge in [-0.3, -0.25) is 4.79 Å². The number of sulfonamides is 1. The van der Waals surface area contributed by atoms with Gasteiger partial charge in [-0.1, -0.05) is 19.1 Å². The van der Waals surface area contributed by atoms with Gasteiger partial charge in [-0.2, -0.15) is 4.31 Å². The second-order valence-electron chi connectivity index (χ2n) is 6.76. The summed E-state index contributed by atoms with van der Waals surface area (Å²) in [6.07, 6.45) is 0.918. The number of rotatable bonds is 6. The number of hydrogen-bond acceptors (Lipinski definition) is 5. The first-order valence-electron chi connectivity index (χ1n) is 9.51. The van der Waals surface area contributed by atoms with Crippen LogP contribution in [0.3, 0.4) is 0 Å². The average molecular weight is 419 g/mol. The van der Waals surface area contributed by atoms with Gasteiger partial charge in [0.2, 0.25) is 10.0 Å². The van der Waals surface area contributed by atoms with Gasteiger partial charge < -0.3 is 14.4 Å². The molecule has 0 unspecified atom stereocenters. The van der Waals surface area contributed by atoms with E-state index in [9.17, 15) is 13.2 Å². The normalized spacial score (nSPS) is 15.2. The van der Waals surface area contributed by atoms with E-state index in [0.717, 1.165) is 6.42 Å². The van der Waals surface area contributed by atoms with E-state index in [1.54, 1.807) is 11.0 Å². The zero-order chi connectivity index (χ0) is 21.0. The molecule has 0 aromatic heterocycles. The van der Waals surface area contributed by atoms with Crippen molar-refractivity contribution < 1.29 is 22.7 Å². The summed E-state index contributed by atoms with van der Waals surface area (Å²) >= 11 is 0. The molecule has 2 aromatic carbocycles. The number of carbonyl (C=O) groups excluding carboxylic acids is 1. The van der Waals surface area contributed by atoms with Crippen molar-refractivity contribution in [2.75, 3.05) is 40.4 Å². The van der Waals surface area contributed by atoms with Crippen LogP contribution in [0.15, 0.2) is 47.4 Å². The van der Waals surface area contributed by atoms with E-state index in [4.69, 9.17) is 9.47 Å². The number of carbonyl (C=O) groups is 1. The molecule has 0 atom stereocenters. The predicted octanol–water partition coefficient (Wildman–Crippen LogP) is 2.41. The molecule has 1 saturated heterocycles. The quantitative estimate of drug-likeness (QED) is 0.720. The zero-order valence-electron chi connectivity index (χ0n) is 16.9. The van der Waals surface area contributed by atoms with Crippen molar-refractivity contribution in [1.29, 1.82) is 0 Å². The van der Waals surface area contributed by atoms with Crippen molar-refractivity contribution in [3.63, 3.8) is 0 Å². The van der Waals surface area contributed by atoms with Gasteiger partial charge in [0.15, 0.2) is 11.5 Å². The van der Waals surface area contributed by atoms with Crippen LogP contribution in [0.1, 0.15) is 22.8 Å². The fourth-order valence-corrected chi connectivity index (χ4v) is 4.76. The van der Waals surface area contributed by atoms with Gasteiger partial charge in [0.25, 0.3) is 5.91 Å². The topological polar surface area (TPSA) is 76.2 Å². The number of amides is 1. The standard InChI is InChI=1S/C21H26N2O5S/c1-4-16-5-7-17(8-6-16)21(24)22-11-13-23(14-12-22)29(25,26)18-9-10-19(27-2)20(15-18)28-3/h5-10,15H,4,11-14H2,1-3H3. The molecule has 0 aliphatic carbocycles.